The van der Waals surface area contributed by atoms with E-state index in [1.807, 2.05) is 26.8 Å². The molecule has 1 aliphatic carbocycles. The summed E-state index contributed by atoms with van der Waals surface area (Å²) in [6.07, 6.45) is 0.863. The van der Waals surface area contributed by atoms with Crippen molar-refractivity contribution in [2.75, 3.05) is 19.8 Å². The van der Waals surface area contributed by atoms with Crippen molar-refractivity contribution in [3.63, 3.8) is 0 Å². The van der Waals surface area contributed by atoms with Crippen molar-refractivity contribution >= 4 is 0 Å². The predicted molar refractivity (Wildman–Crippen MR) is 114 cm³/mol. The molecule has 1 aliphatic rings. The lowest BCUT2D eigenvalue weighted by molar-refractivity contribution is 0.262. The topological polar surface area (TPSA) is 27.7 Å². The van der Waals surface area contributed by atoms with Gasteiger partial charge in [-0.3, -0.25) is 0 Å². The zero-order valence-electron chi connectivity index (χ0n) is 16.7. The zero-order chi connectivity index (χ0) is 19.5. The van der Waals surface area contributed by atoms with Crippen LogP contribution in [0.15, 0.2) is 54.6 Å². The molecule has 0 bridgehead atoms. The van der Waals surface area contributed by atoms with Crippen molar-refractivity contribution in [3.8, 4) is 39.5 Å². The third-order valence-electron chi connectivity index (χ3n) is 5.05. The van der Waals surface area contributed by atoms with Gasteiger partial charge in [0.25, 0.3) is 0 Å². The van der Waals surface area contributed by atoms with Gasteiger partial charge in [0.15, 0.2) is 11.5 Å². The van der Waals surface area contributed by atoms with Crippen molar-refractivity contribution in [1.82, 2.24) is 0 Å². The summed E-state index contributed by atoms with van der Waals surface area (Å²) in [6, 6.07) is 19.0. The molecule has 144 valence electrons. The molecule has 0 fully saturated rings. The fraction of sp³-hybridized carbons (Fsp3) is 0.280. The number of benzene rings is 3. The first-order valence-electron chi connectivity index (χ1n) is 10.0. The first-order chi connectivity index (χ1) is 13.8. The van der Waals surface area contributed by atoms with Crippen molar-refractivity contribution in [2.24, 2.45) is 0 Å². The maximum Gasteiger partial charge on any atom is 0.204 e. The van der Waals surface area contributed by atoms with Crippen LogP contribution in [0.5, 0.6) is 17.2 Å². The second-order valence-corrected chi connectivity index (χ2v) is 6.71. The third-order valence-corrected chi connectivity index (χ3v) is 5.05. The molecule has 0 atom stereocenters. The summed E-state index contributed by atoms with van der Waals surface area (Å²) >= 11 is 0. The van der Waals surface area contributed by atoms with Crippen LogP contribution in [-0.4, -0.2) is 19.8 Å². The Labute approximate surface area is 166 Å². The highest BCUT2D eigenvalue weighted by Gasteiger charge is 2.33. The summed E-state index contributed by atoms with van der Waals surface area (Å²) in [6.45, 7) is 7.70. The van der Waals surface area contributed by atoms with Crippen LogP contribution in [0.3, 0.4) is 0 Å². The van der Waals surface area contributed by atoms with E-state index in [9.17, 15) is 0 Å². The van der Waals surface area contributed by atoms with Crippen molar-refractivity contribution in [2.45, 2.75) is 27.2 Å². The van der Waals surface area contributed by atoms with E-state index in [2.05, 4.69) is 48.5 Å². The Morgan fingerprint density at radius 2 is 1.21 bits per heavy atom. The smallest absolute Gasteiger partial charge is 0.204 e. The Morgan fingerprint density at radius 3 is 1.89 bits per heavy atom. The normalized spacial score (nSPS) is 11.7. The first kappa shape index (κ1) is 18.4. The van der Waals surface area contributed by atoms with Crippen molar-refractivity contribution in [3.05, 3.63) is 65.7 Å². The summed E-state index contributed by atoms with van der Waals surface area (Å²) in [4.78, 5) is 0. The number of fused-ring (bicyclic) bond motifs is 3. The van der Waals surface area contributed by atoms with E-state index in [0.717, 1.165) is 34.6 Å². The Bertz CT molecular complexity index is 977. The SMILES string of the molecule is CCOc1c(OCC)c(-c2ccccc2)c2c(c1OCC)-c1ccccc1C2. The molecule has 3 heteroatoms. The lowest BCUT2D eigenvalue weighted by atomic mass is 9.93. The zero-order valence-corrected chi connectivity index (χ0v) is 16.7. The van der Waals surface area contributed by atoms with Crippen LogP contribution in [0.1, 0.15) is 31.9 Å². The Hall–Kier alpha value is -2.94. The molecule has 0 aliphatic heterocycles. The molecule has 3 nitrogen and oxygen atoms in total. The molecule has 0 saturated carbocycles. The number of hydrogen-bond acceptors (Lipinski definition) is 3. The Balaban J connectivity index is 2.10. The molecule has 28 heavy (non-hydrogen) atoms. The summed E-state index contributed by atoms with van der Waals surface area (Å²) in [5.74, 6) is 2.29. The average Bonchev–Trinajstić information content (AvgIpc) is 3.10. The van der Waals surface area contributed by atoms with E-state index >= 15 is 0 Å². The minimum Gasteiger partial charge on any atom is -0.489 e. The van der Waals surface area contributed by atoms with Gasteiger partial charge in [-0.1, -0.05) is 54.6 Å². The molecule has 3 aromatic rings. The number of ether oxygens (including phenoxy) is 3. The van der Waals surface area contributed by atoms with Crippen LogP contribution < -0.4 is 14.2 Å². The second-order valence-electron chi connectivity index (χ2n) is 6.71. The summed E-state index contributed by atoms with van der Waals surface area (Å²) < 4.78 is 18.5. The van der Waals surface area contributed by atoms with Gasteiger partial charge in [0.1, 0.15) is 0 Å². The molecular formula is C25H26O3. The van der Waals surface area contributed by atoms with Gasteiger partial charge >= 0.3 is 0 Å². The maximum absolute atomic E-state index is 6.18. The summed E-state index contributed by atoms with van der Waals surface area (Å²) in [5, 5.41) is 0. The van der Waals surface area contributed by atoms with Gasteiger partial charge in [-0.2, -0.15) is 0 Å². The molecule has 0 spiro atoms. The second kappa shape index (κ2) is 7.97. The standard InChI is InChI=1S/C25H26O3/c1-4-26-23-21(17-12-8-7-9-13-17)20-16-18-14-10-11-15-19(18)22(20)24(27-5-2)25(23)28-6-3/h7-15H,4-6,16H2,1-3H3. The monoisotopic (exact) mass is 374 g/mol. The molecule has 0 saturated heterocycles. The lowest BCUT2D eigenvalue weighted by Gasteiger charge is -2.23. The van der Waals surface area contributed by atoms with Crippen LogP contribution in [0.25, 0.3) is 22.3 Å². The highest BCUT2D eigenvalue weighted by atomic mass is 16.5. The van der Waals surface area contributed by atoms with Crippen LogP contribution in [0.2, 0.25) is 0 Å². The highest BCUT2D eigenvalue weighted by molar-refractivity contribution is 5.94. The highest BCUT2D eigenvalue weighted by Crippen LogP contribution is 2.56. The molecule has 0 unspecified atom stereocenters. The van der Waals surface area contributed by atoms with Crippen LogP contribution in [-0.2, 0) is 6.42 Å². The first-order valence-corrected chi connectivity index (χ1v) is 10.0. The van der Waals surface area contributed by atoms with Gasteiger partial charge in [0, 0.05) is 11.1 Å². The van der Waals surface area contributed by atoms with E-state index in [4.69, 9.17) is 14.2 Å². The molecule has 0 radical (unpaired) electrons. The summed E-state index contributed by atoms with van der Waals surface area (Å²) in [5.41, 5.74) is 7.18. The lowest BCUT2D eigenvalue weighted by Crippen LogP contribution is -2.06. The summed E-state index contributed by atoms with van der Waals surface area (Å²) in [7, 11) is 0. The van der Waals surface area contributed by atoms with E-state index in [0.29, 0.717) is 25.6 Å². The minimum absolute atomic E-state index is 0.550. The maximum atomic E-state index is 6.18. The van der Waals surface area contributed by atoms with Gasteiger partial charge in [-0.05, 0) is 49.4 Å². The molecular weight excluding hydrogens is 348 g/mol. The number of hydrogen-bond donors (Lipinski definition) is 0. The quantitative estimate of drug-likeness (QED) is 0.390. The molecule has 4 rings (SSSR count). The van der Waals surface area contributed by atoms with Gasteiger partial charge in [-0.15, -0.1) is 0 Å². The molecule has 0 heterocycles. The van der Waals surface area contributed by atoms with Gasteiger partial charge in [0.05, 0.1) is 19.8 Å². The van der Waals surface area contributed by atoms with E-state index < -0.39 is 0 Å². The Morgan fingerprint density at radius 1 is 0.643 bits per heavy atom. The molecule has 3 aromatic carbocycles. The fourth-order valence-electron chi connectivity index (χ4n) is 4.05. The molecule has 0 N–H and O–H groups in total. The van der Waals surface area contributed by atoms with Crippen LogP contribution >= 0.6 is 0 Å². The van der Waals surface area contributed by atoms with Gasteiger partial charge < -0.3 is 14.2 Å². The van der Waals surface area contributed by atoms with E-state index in [-0.39, 0.29) is 0 Å². The minimum atomic E-state index is 0.550. The average molecular weight is 374 g/mol. The van der Waals surface area contributed by atoms with Crippen LogP contribution in [0.4, 0.5) is 0 Å². The molecule has 0 aromatic heterocycles. The van der Waals surface area contributed by atoms with Crippen molar-refractivity contribution in [1.29, 1.82) is 0 Å². The largest absolute Gasteiger partial charge is 0.489 e. The van der Waals surface area contributed by atoms with E-state index in [1.54, 1.807) is 0 Å². The van der Waals surface area contributed by atoms with E-state index in [1.165, 1.54) is 16.7 Å². The van der Waals surface area contributed by atoms with Gasteiger partial charge in [0.2, 0.25) is 5.75 Å². The predicted octanol–water partition coefficient (Wildman–Crippen LogP) is 6.12. The Kier molecular flexibility index (Phi) is 5.25. The van der Waals surface area contributed by atoms with Crippen molar-refractivity contribution < 1.29 is 14.2 Å². The van der Waals surface area contributed by atoms with Crippen LogP contribution in [0, 0.1) is 0 Å². The molecule has 0 amide bonds. The fourth-order valence-corrected chi connectivity index (χ4v) is 4.05. The third kappa shape index (κ3) is 3.01. The number of rotatable bonds is 7. The van der Waals surface area contributed by atoms with Gasteiger partial charge in [-0.25, -0.2) is 0 Å².